The van der Waals surface area contributed by atoms with Gasteiger partial charge in [-0.15, -0.1) is 10.2 Å². The molecule has 1 fully saturated rings. The van der Waals surface area contributed by atoms with E-state index in [4.69, 9.17) is 5.84 Å². The minimum atomic E-state index is -0.00792. The molecule has 1 unspecified atom stereocenters. The molecule has 0 spiro atoms. The molecule has 2 heterocycles. The molecule has 1 aromatic heterocycles. The number of carbonyl (C=O) groups excluding carboxylic acids is 1. The maximum atomic E-state index is 12.4. The van der Waals surface area contributed by atoms with E-state index >= 15 is 0 Å². The summed E-state index contributed by atoms with van der Waals surface area (Å²) in [5, 5.41) is 12.0. The Hall–Kier alpha value is -2.84. The number of nitrogens with one attached hydrogen (secondary N) is 1. The second-order valence-electron chi connectivity index (χ2n) is 7.60. The summed E-state index contributed by atoms with van der Waals surface area (Å²) in [6, 6.07) is 18.5. The van der Waals surface area contributed by atoms with Crippen LogP contribution in [0.1, 0.15) is 17.5 Å². The molecule has 156 valence electrons. The standard InChI is InChI=1S/C22H26N6OS/c1-16-7-9-18(10-8-16)21-25-26-22(28(21)23)30-15-20(29)24-19-11-12-27(14-19)13-17-5-3-2-4-6-17/h2-10,19H,11-15,23H2,1H3,(H,24,29). The quantitative estimate of drug-likeness (QED) is 0.449. The van der Waals surface area contributed by atoms with E-state index in [0.29, 0.717) is 11.0 Å². The number of amides is 1. The third-order valence-corrected chi connectivity index (χ3v) is 6.14. The van der Waals surface area contributed by atoms with E-state index in [0.717, 1.165) is 31.6 Å². The molecule has 3 aromatic rings. The predicted octanol–water partition coefficient (Wildman–Crippen LogP) is 2.45. The molecule has 7 nitrogen and oxygen atoms in total. The number of nitrogen functional groups attached to an aromatic ring is 1. The second kappa shape index (κ2) is 9.32. The number of thioether (sulfide) groups is 1. The first kappa shape index (κ1) is 20.4. The zero-order valence-electron chi connectivity index (χ0n) is 17.0. The third-order valence-electron chi connectivity index (χ3n) is 5.19. The minimum absolute atomic E-state index is 0.00792. The average molecular weight is 423 g/mol. The highest BCUT2D eigenvalue weighted by atomic mass is 32.2. The molecule has 0 bridgehead atoms. The zero-order valence-corrected chi connectivity index (χ0v) is 17.8. The number of nitrogens with two attached hydrogens (primary N) is 1. The van der Waals surface area contributed by atoms with Crippen molar-refractivity contribution in [3.8, 4) is 11.4 Å². The van der Waals surface area contributed by atoms with Gasteiger partial charge in [0.2, 0.25) is 11.1 Å². The Morgan fingerprint density at radius 3 is 2.70 bits per heavy atom. The molecule has 1 aliphatic heterocycles. The van der Waals surface area contributed by atoms with Crippen molar-refractivity contribution in [2.75, 3.05) is 24.7 Å². The predicted molar refractivity (Wildman–Crippen MR) is 119 cm³/mol. The van der Waals surface area contributed by atoms with E-state index in [2.05, 4.69) is 44.7 Å². The normalized spacial score (nSPS) is 16.6. The number of benzene rings is 2. The van der Waals surface area contributed by atoms with Crippen LogP contribution in [0, 0.1) is 6.92 Å². The first-order valence-electron chi connectivity index (χ1n) is 10.0. The summed E-state index contributed by atoms with van der Waals surface area (Å²) in [7, 11) is 0. The fourth-order valence-electron chi connectivity index (χ4n) is 3.61. The lowest BCUT2D eigenvalue weighted by Crippen LogP contribution is -2.38. The van der Waals surface area contributed by atoms with Crippen LogP contribution >= 0.6 is 11.8 Å². The van der Waals surface area contributed by atoms with E-state index in [1.54, 1.807) is 0 Å². The lowest BCUT2D eigenvalue weighted by Gasteiger charge is -2.16. The Kier molecular flexibility index (Phi) is 6.35. The number of carbonyl (C=O) groups is 1. The monoisotopic (exact) mass is 422 g/mol. The summed E-state index contributed by atoms with van der Waals surface area (Å²) in [6.07, 6.45) is 0.966. The number of likely N-dealkylation sites (tertiary alicyclic amines) is 1. The Bertz CT molecular complexity index is 989. The molecule has 8 heteroatoms. The number of aryl methyl sites for hydroxylation is 1. The molecule has 30 heavy (non-hydrogen) atoms. The zero-order chi connectivity index (χ0) is 20.9. The summed E-state index contributed by atoms with van der Waals surface area (Å²) in [5.41, 5.74) is 3.37. The SMILES string of the molecule is Cc1ccc(-c2nnc(SCC(=O)NC3CCN(Cc4ccccc4)C3)n2N)cc1. The van der Waals surface area contributed by atoms with Gasteiger partial charge < -0.3 is 11.2 Å². The van der Waals surface area contributed by atoms with Crippen LogP contribution in [0.15, 0.2) is 59.8 Å². The first-order chi connectivity index (χ1) is 14.6. The van der Waals surface area contributed by atoms with E-state index in [1.807, 2.05) is 37.3 Å². The molecule has 1 atom stereocenters. The number of hydrogen-bond donors (Lipinski definition) is 2. The molecule has 3 N–H and O–H groups in total. The van der Waals surface area contributed by atoms with Gasteiger partial charge >= 0.3 is 0 Å². The van der Waals surface area contributed by atoms with E-state index in [-0.39, 0.29) is 17.7 Å². The highest BCUT2D eigenvalue weighted by molar-refractivity contribution is 7.99. The fourth-order valence-corrected chi connectivity index (χ4v) is 4.28. The van der Waals surface area contributed by atoms with Crippen LogP contribution in [0.4, 0.5) is 0 Å². The number of rotatable bonds is 7. The molecule has 1 amide bonds. The van der Waals surface area contributed by atoms with Crippen molar-refractivity contribution in [1.82, 2.24) is 25.1 Å². The molecule has 4 rings (SSSR count). The van der Waals surface area contributed by atoms with Crippen molar-refractivity contribution >= 4 is 17.7 Å². The lowest BCUT2D eigenvalue weighted by atomic mass is 10.1. The minimum Gasteiger partial charge on any atom is -0.351 e. The van der Waals surface area contributed by atoms with Crippen LogP contribution in [-0.2, 0) is 11.3 Å². The van der Waals surface area contributed by atoms with E-state index in [9.17, 15) is 4.79 Å². The van der Waals surface area contributed by atoms with Crippen LogP contribution in [0.5, 0.6) is 0 Å². The summed E-state index contributed by atoms with van der Waals surface area (Å²) < 4.78 is 1.44. The fraction of sp³-hybridized carbons (Fsp3) is 0.318. The smallest absolute Gasteiger partial charge is 0.230 e. The maximum Gasteiger partial charge on any atom is 0.230 e. The number of aromatic nitrogens is 3. The highest BCUT2D eigenvalue weighted by Crippen LogP contribution is 2.22. The van der Waals surface area contributed by atoms with Crippen molar-refractivity contribution in [2.45, 2.75) is 31.1 Å². The van der Waals surface area contributed by atoms with Gasteiger partial charge in [-0.3, -0.25) is 9.69 Å². The van der Waals surface area contributed by atoms with Crippen molar-refractivity contribution in [1.29, 1.82) is 0 Å². The van der Waals surface area contributed by atoms with Gasteiger partial charge in [-0.05, 0) is 18.9 Å². The Balaban J connectivity index is 1.26. The van der Waals surface area contributed by atoms with Gasteiger partial charge in [0, 0.05) is 31.2 Å². The van der Waals surface area contributed by atoms with Gasteiger partial charge in [-0.25, -0.2) is 4.68 Å². The maximum absolute atomic E-state index is 12.4. The highest BCUT2D eigenvalue weighted by Gasteiger charge is 2.24. The van der Waals surface area contributed by atoms with Gasteiger partial charge in [0.1, 0.15) is 0 Å². The molecule has 1 aliphatic rings. The largest absolute Gasteiger partial charge is 0.351 e. The average Bonchev–Trinajstić information content (AvgIpc) is 3.34. The summed E-state index contributed by atoms with van der Waals surface area (Å²) >= 11 is 1.30. The Morgan fingerprint density at radius 1 is 1.17 bits per heavy atom. The van der Waals surface area contributed by atoms with Crippen molar-refractivity contribution in [2.24, 2.45) is 0 Å². The molecule has 0 radical (unpaired) electrons. The van der Waals surface area contributed by atoms with E-state index < -0.39 is 0 Å². The molecule has 0 aliphatic carbocycles. The Labute approximate surface area is 180 Å². The number of hydrogen-bond acceptors (Lipinski definition) is 6. The topological polar surface area (TPSA) is 89.1 Å². The first-order valence-corrected chi connectivity index (χ1v) is 11.0. The summed E-state index contributed by atoms with van der Waals surface area (Å²) in [6.45, 7) is 4.81. The van der Waals surface area contributed by atoms with Crippen LogP contribution in [0.3, 0.4) is 0 Å². The van der Waals surface area contributed by atoms with Crippen molar-refractivity contribution in [3.05, 3.63) is 65.7 Å². The van der Waals surface area contributed by atoms with Gasteiger partial charge in [0.15, 0.2) is 5.82 Å². The molecular weight excluding hydrogens is 396 g/mol. The molecule has 0 saturated carbocycles. The molecular formula is C22H26N6OS. The van der Waals surface area contributed by atoms with Crippen LogP contribution < -0.4 is 11.2 Å². The molecule has 2 aromatic carbocycles. The molecule has 1 saturated heterocycles. The lowest BCUT2D eigenvalue weighted by molar-refractivity contribution is -0.119. The van der Waals surface area contributed by atoms with E-state index in [1.165, 1.54) is 27.6 Å². The Morgan fingerprint density at radius 2 is 1.93 bits per heavy atom. The van der Waals surface area contributed by atoms with Crippen LogP contribution in [-0.4, -0.2) is 50.6 Å². The van der Waals surface area contributed by atoms with Crippen LogP contribution in [0.2, 0.25) is 0 Å². The van der Waals surface area contributed by atoms with Gasteiger partial charge in [-0.2, -0.15) is 0 Å². The summed E-state index contributed by atoms with van der Waals surface area (Å²) in [5.74, 6) is 6.99. The number of nitrogens with zero attached hydrogens (tertiary/aromatic N) is 4. The summed E-state index contributed by atoms with van der Waals surface area (Å²) in [4.78, 5) is 14.8. The second-order valence-corrected chi connectivity index (χ2v) is 8.55. The van der Waals surface area contributed by atoms with Crippen molar-refractivity contribution in [3.63, 3.8) is 0 Å². The van der Waals surface area contributed by atoms with Crippen LogP contribution in [0.25, 0.3) is 11.4 Å². The van der Waals surface area contributed by atoms with Gasteiger partial charge in [-0.1, -0.05) is 71.9 Å². The van der Waals surface area contributed by atoms with Crippen molar-refractivity contribution < 1.29 is 4.79 Å². The van der Waals surface area contributed by atoms with Gasteiger partial charge in [0.05, 0.1) is 5.75 Å². The van der Waals surface area contributed by atoms with Gasteiger partial charge in [0.25, 0.3) is 0 Å². The third kappa shape index (κ3) is 5.01.